The highest BCUT2D eigenvalue weighted by atomic mass is 16.1. The molecule has 0 amide bonds. The number of nitrogen functional groups attached to an aromatic ring is 1. The quantitative estimate of drug-likeness (QED) is 0.746. The summed E-state index contributed by atoms with van der Waals surface area (Å²) in [6.45, 7) is 0. The minimum absolute atomic E-state index is 0.0877. The molecule has 0 bridgehead atoms. The van der Waals surface area contributed by atoms with Crippen LogP contribution in [0.3, 0.4) is 0 Å². The number of nitrogens with two attached hydrogens (primary N) is 1. The number of aromatic amines is 1. The number of aryl methyl sites for hydroxylation is 1. The van der Waals surface area contributed by atoms with E-state index in [1.54, 1.807) is 13.1 Å². The molecule has 2 aliphatic rings. The number of nitrogens with zero attached hydrogens (tertiary/aromatic N) is 5. The predicted octanol–water partition coefficient (Wildman–Crippen LogP) is 1.94. The van der Waals surface area contributed by atoms with Gasteiger partial charge in [-0.25, -0.2) is 0 Å². The molecule has 8 nitrogen and oxygen atoms in total. The van der Waals surface area contributed by atoms with Crippen LogP contribution < -0.4 is 11.3 Å². The molecule has 3 N–H and O–H groups in total. The molecule has 2 aliphatic carbocycles. The van der Waals surface area contributed by atoms with Crippen LogP contribution >= 0.6 is 0 Å². The highest BCUT2D eigenvalue weighted by molar-refractivity contribution is 5.97. The number of aromatic nitrogens is 5. The van der Waals surface area contributed by atoms with Gasteiger partial charge in [0.1, 0.15) is 17.1 Å². The van der Waals surface area contributed by atoms with Crippen molar-refractivity contribution in [2.45, 2.75) is 31.7 Å². The molecular formula is C18H19N7O. The summed E-state index contributed by atoms with van der Waals surface area (Å²) in [5, 5.41) is 21.0. The van der Waals surface area contributed by atoms with Crippen LogP contribution in [0.2, 0.25) is 0 Å². The molecular weight excluding hydrogens is 330 g/mol. The van der Waals surface area contributed by atoms with Crippen LogP contribution in [-0.2, 0) is 7.05 Å². The van der Waals surface area contributed by atoms with E-state index in [0.717, 1.165) is 5.56 Å². The molecule has 132 valence electrons. The summed E-state index contributed by atoms with van der Waals surface area (Å²) >= 11 is 0. The molecule has 3 aromatic rings. The molecule has 0 radical (unpaired) electrons. The van der Waals surface area contributed by atoms with Crippen molar-refractivity contribution in [2.24, 2.45) is 18.9 Å². The molecule has 0 atom stereocenters. The molecule has 0 aliphatic heterocycles. The molecule has 0 saturated heterocycles. The Balaban J connectivity index is 1.78. The Hall–Kier alpha value is -3.08. The van der Waals surface area contributed by atoms with E-state index in [2.05, 4.69) is 21.4 Å². The zero-order chi connectivity index (χ0) is 18.0. The number of H-pyrrole nitrogens is 1. The van der Waals surface area contributed by atoms with Gasteiger partial charge in [0.25, 0.3) is 5.56 Å². The Labute approximate surface area is 149 Å². The second kappa shape index (κ2) is 5.21. The summed E-state index contributed by atoms with van der Waals surface area (Å²) in [5.74, 6) is 1.34. The van der Waals surface area contributed by atoms with Gasteiger partial charge < -0.3 is 10.3 Å². The van der Waals surface area contributed by atoms with Crippen LogP contribution in [0.25, 0.3) is 22.2 Å². The van der Waals surface area contributed by atoms with Crippen LogP contribution in [0.1, 0.15) is 37.4 Å². The minimum Gasteiger partial charge on any atom is -0.382 e. The zero-order valence-corrected chi connectivity index (χ0v) is 14.4. The van der Waals surface area contributed by atoms with Crippen LogP contribution in [0.15, 0.2) is 17.1 Å². The fraction of sp³-hybridized carbons (Fsp3) is 0.444. The minimum atomic E-state index is -0.0877. The van der Waals surface area contributed by atoms with Gasteiger partial charge in [-0.15, -0.1) is 0 Å². The Kier molecular flexibility index (Phi) is 3.04. The van der Waals surface area contributed by atoms with Gasteiger partial charge >= 0.3 is 0 Å². The SMILES string of the molecule is Cn1nc(-c2cn(C(C3CC3)C3CC3)c(=O)c3c(N)n[nH]c23)cc1C#N. The molecule has 3 aromatic heterocycles. The van der Waals surface area contributed by atoms with Crippen molar-refractivity contribution in [3.63, 3.8) is 0 Å². The van der Waals surface area contributed by atoms with Crippen molar-refractivity contribution >= 4 is 16.7 Å². The molecule has 0 aromatic carbocycles. The van der Waals surface area contributed by atoms with E-state index in [1.807, 2.05) is 10.8 Å². The van der Waals surface area contributed by atoms with Gasteiger partial charge in [-0.05, 0) is 37.5 Å². The van der Waals surface area contributed by atoms with Gasteiger partial charge in [0, 0.05) is 30.9 Å². The first-order chi connectivity index (χ1) is 12.6. The maximum Gasteiger partial charge on any atom is 0.264 e. The van der Waals surface area contributed by atoms with E-state index < -0.39 is 0 Å². The Morgan fingerprint density at radius 2 is 2.04 bits per heavy atom. The van der Waals surface area contributed by atoms with E-state index in [4.69, 9.17) is 5.73 Å². The maximum absolute atomic E-state index is 13.2. The summed E-state index contributed by atoms with van der Waals surface area (Å²) in [5.41, 5.74) is 8.35. The second-order valence-corrected chi connectivity index (χ2v) is 7.43. The third-order valence-corrected chi connectivity index (χ3v) is 5.58. The molecule has 26 heavy (non-hydrogen) atoms. The number of anilines is 1. The standard InChI is InChI=1S/C18H19N7O/c1-24-11(7-19)6-13(23-24)12-8-25(16(9-2-3-9)10-4-5-10)18(26)14-15(12)21-22-17(14)20/h6,8-10,16H,2-5H2,1H3,(H3,20,21,22). The highest BCUT2D eigenvalue weighted by Gasteiger charge is 2.43. The number of rotatable bonds is 4. The van der Waals surface area contributed by atoms with Crippen LogP contribution in [0.4, 0.5) is 5.82 Å². The first-order valence-electron chi connectivity index (χ1n) is 8.91. The van der Waals surface area contributed by atoms with Gasteiger partial charge in [0.15, 0.2) is 5.82 Å². The fourth-order valence-electron chi connectivity index (χ4n) is 3.99. The largest absolute Gasteiger partial charge is 0.382 e. The number of nitriles is 1. The summed E-state index contributed by atoms with van der Waals surface area (Å²) in [6, 6.07) is 4.07. The third kappa shape index (κ3) is 2.17. The Bertz CT molecular complexity index is 1110. The summed E-state index contributed by atoms with van der Waals surface area (Å²) in [7, 11) is 1.73. The van der Waals surface area contributed by atoms with E-state index in [1.165, 1.54) is 30.4 Å². The third-order valence-electron chi connectivity index (χ3n) is 5.58. The van der Waals surface area contributed by atoms with E-state index in [-0.39, 0.29) is 17.4 Å². The van der Waals surface area contributed by atoms with Crippen molar-refractivity contribution in [3.05, 3.63) is 28.3 Å². The topological polar surface area (TPSA) is 118 Å². The van der Waals surface area contributed by atoms with Crippen molar-refractivity contribution in [2.75, 3.05) is 5.73 Å². The maximum atomic E-state index is 13.2. The lowest BCUT2D eigenvalue weighted by molar-refractivity contribution is 0.386. The number of fused-ring (bicyclic) bond motifs is 1. The Morgan fingerprint density at radius 1 is 1.35 bits per heavy atom. The van der Waals surface area contributed by atoms with Gasteiger partial charge in [0.05, 0.1) is 11.2 Å². The van der Waals surface area contributed by atoms with Gasteiger partial charge in [0.2, 0.25) is 0 Å². The lowest BCUT2D eigenvalue weighted by Gasteiger charge is -2.20. The average molecular weight is 349 g/mol. The Morgan fingerprint density at radius 3 is 2.62 bits per heavy atom. The van der Waals surface area contributed by atoms with Crippen molar-refractivity contribution in [1.29, 1.82) is 5.26 Å². The van der Waals surface area contributed by atoms with Crippen LogP contribution in [-0.4, -0.2) is 24.5 Å². The molecule has 3 heterocycles. The van der Waals surface area contributed by atoms with Gasteiger partial charge in [-0.1, -0.05) is 0 Å². The monoisotopic (exact) mass is 349 g/mol. The van der Waals surface area contributed by atoms with E-state index >= 15 is 0 Å². The number of nitrogens with one attached hydrogen (secondary N) is 1. The lowest BCUT2D eigenvalue weighted by Crippen LogP contribution is -2.27. The summed E-state index contributed by atoms with van der Waals surface area (Å²) < 4.78 is 3.40. The van der Waals surface area contributed by atoms with Crippen LogP contribution in [0.5, 0.6) is 0 Å². The summed E-state index contributed by atoms with van der Waals surface area (Å²) in [4.78, 5) is 13.2. The fourth-order valence-corrected chi connectivity index (χ4v) is 3.99. The number of hydrogen-bond acceptors (Lipinski definition) is 5. The van der Waals surface area contributed by atoms with Gasteiger partial charge in [-0.2, -0.15) is 15.5 Å². The number of hydrogen-bond donors (Lipinski definition) is 2. The zero-order valence-electron chi connectivity index (χ0n) is 14.4. The summed E-state index contributed by atoms with van der Waals surface area (Å²) in [6.07, 6.45) is 6.56. The average Bonchev–Trinajstić information content (AvgIpc) is 3.55. The predicted molar refractivity (Wildman–Crippen MR) is 96.2 cm³/mol. The van der Waals surface area contributed by atoms with E-state index in [0.29, 0.717) is 34.1 Å². The first-order valence-corrected chi connectivity index (χ1v) is 8.91. The lowest BCUT2D eigenvalue weighted by atomic mass is 10.0. The van der Waals surface area contributed by atoms with Crippen molar-refractivity contribution < 1.29 is 0 Å². The molecule has 5 rings (SSSR count). The molecule has 0 spiro atoms. The smallest absolute Gasteiger partial charge is 0.264 e. The second-order valence-electron chi connectivity index (χ2n) is 7.43. The van der Waals surface area contributed by atoms with Crippen molar-refractivity contribution in [1.82, 2.24) is 24.5 Å². The van der Waals surface area contributed by atoms with Crippen LogP contribution in [0, 0.1) is 23.2 Å². The van der Waals surface area contributed by atoms with E-state index in [9.17, 15) is 10.1 Å². The highest BCUT2D eigenvalue weighted by Crippen LogP contribution is 2.52. The van der Waals surface area contributed by atoms with Crippen molar-refractivity contribution in [3.8, 4) is 17.3 Å². The normalized spacial score (nSPS) is 17.1. The molecule has 2 saturated carbocycles. The molecule has 2 fully saturated rings. The number of pyridine rings is 1. The van der Waals surface area contributed by atoms with Gasteiger partial charge in [-0.3, -0.25) is 14.6 Å². The first kappa shape index (κ1) is 15.2. The molecule has 8 heteroatoms. The molecule has 0 unspecified atom stereocenters.